The van der Waals surface area contributed by atoms with Gasteiger partial charge in [0.15, 0.2) is 0 Å². The van der Waals surface area contributed by atoms with Crippen LogP contribution >= 0.6 is 0 Å². The molecule has 1 aliphatic heterocycles. The van der Waals surface area contributed by atoms with Crippen LogP contribution in [0.1, 0.15) is 47.5 Å². The Bertz CT molecular complexity index is 312. The molecule has 1 N–H and O–H groups in total. The van der Waals surface area contributed by atoms with Crippen molar-refractivity contribution in [3.63, 3.8) is 0 Å². The zero-order valence-electron chi connectivity index (χ0n) is 13.6. The molecule has 1 rings (SSSR count). The summed E-state index contributed by atoms with van der Waals surface area (Å²) < 4.78 is 16.2. The summed E-state index contributed by atoms with van der Waals surface area (Å²) in [5, 5.41) is 3.62. The molecule has 1 fully saturated rings. The van der Waals surface area contributed by atoms with E-state index in [0.717, 1.165) is 12.8 Å². The highest BCUT2D eigenvalue weighted by molar-refractivity contribution is 5.66. The van der Waals surface area contributed by atoms with Crippen molar-refractivity contribution in [3.05, 3.63) is 0 Å². The molecule has 0 bridgehead atoms. The third-order valence-electron chi connectivity index (χ3n) is 3.36. The number of esters is 1. The molecule has 0 saturated carbocycles. The monoisotopic (exact) mass is 287 g/mol. The van der Waals surface area contributed by atoms with E-state index in [1.165, 1.54) is 6.92 Å². The summed E-state index contributed by atoms with van der Waals surface area (Å²) in [4.78, 5) is 11.0. The zero-order valence-corrected chi connectivity index (χ0v) is 13.6. The lowest BCUT2D eigenvalue weighted by molar-refractivity contribution is -0.155. The van der Waals surface area contributed by atoms with Crippen molar-refractivity contribution in [1.29, 1.82) is 0 Å². The standard InChI is InChI=1S/C15H29NO4/c1-11(17)20-13(9-18-6)10-19-12-7-14(2,3)16-15(4,5)8-12/h12-13,16H,7-10H2,1-6H3. The van der Waals surface area contributed by atoms with E-state index < -0.39 is 0 Å². The molecule has 1 saturated heterocycles. The number of nitrogens with one attached hydrogen (secondary N) is 1. The summed E-state index contributed by atoms with van der Waals surface area (Å²) in [5.74, 6) is -0.304. The maximum Gasteiger partial charge on any atom is 0.303 e. The van der Waals surface area contributed by atoms with E-state index in [9.17, 15) is 4.79 Å². The van der Waals surface area contributed by atoms with E-state index in [4.69, 9.17) is 14.2 Å². The lowest BCUT2D eigenvalue weighted by Crippen LogP contribution is -2.59. The maximum absolute atomic E-state index is 11.0. The third kappa shape index (κ3) is 6.20. The maximum atomic E-state index is 11.0. The van der Waals surface area contributed by atoms with Crippen molar-refractivity contribution in [2.45, 2.75) is 70.7 Å². The van der Waals surface area contributed by atoms with Crippen molar-refractivity contribution in [2.75, 3.05) is 20.3 Å². The fourth-order valence-electron chi connectivity index (χ4n) is 3.13. The van der Waals surface area contributed by atoms with Crippen molar-refractivity contribution < 1.29 is 19.0 Å². The molecule has 5 heteroatoms. The molecule has 0 aromatic rings. The first-order valence-corrected chi connectivity index (χ1v) is 7.21. The number of hydrogen-bond acceptors (Lipinski definition) is 5. The zero-order chi connectivity index (χ0) is 15.4. The smallest absolute Gasteiger partial charge is 0.303 e. The Morgan fingerprint density at radius 3 is 2.20 bits per heavy atom. The average Bonchev–Trinajstić information content (AvgIpc) is 2.21. The van der Waals surface area contributed by atoms with Gasteiger partial charge in [-0.25, -0.2) is 0 Å². The molecular weight excluding hydrogens is 258 g/mol. The minimum atomic E-state index is -0.335. The first-order chi connectivity index (χ1) is 9.13. The predicted molar refractivity (Wildman–Crippen MR) is 77.7 cm³/mol. The lowest BCUT2D eigenvalue weighted by Gasteiger charge is -2.46. The average molecular weight is 287 g/mol. The molecule has 0 amide bonds. The van der Waals surface area contributed by atoms with E-state index in [1.54, 1.807) is 7.11 Å². The second kappa shape index (κ2) is 6.87. The minimum absolute atomic E-state index is 0.0462. The van der Waals surface area contributed by atoms with E-state index in [1.807, 2.05) is 0 Å². The van der Waals surface area contributed by atoms with E-state index in [2.05, 4.69) is 33.0 Å². The molecule has 20 heavy (non-hydrogen) atoms. The normalized spacial score (nSPS) is 23.3. The van der Waals surface area contributed by atoms with Gasteiger partial charge in [0.2, 0.25) is 0 Å². The lowest BCUT2D eigenvalue weighted by atomic mass is 9.81. The molecule has 1 unspecified atom stereocenters. The second-order valence-corrected chi connectivity index (χ2v) is 6.94. The van der Waals surface area contributed by atoms with Gasteiger partial charge in [-0.05, 0) is 40.5 Å². The van der Waals surface area contributed by atoms with Crippen LogP contribution in [-0.4, -0.2) is 49.6 Å². The Hall–Kier alpha value is -0.650. The molecule has 1 atom stereocenters. The van der Waals surface area contributed by atoms with Crippen LogP contribution in [0.4, 0.5) is 0 Å². The molecular formula is C15H29NO4. The van der Waals surface area contributed by atoms with Gasteiger partial charge < -0.3 is 19.5 Å². The Morgan fingerprint density at radius 1 is 1.20 bits per heavy atom. The Morgan fingerprint density at radius 2 is 1.75 bits per heavy atom. The van der Waals surface area contributed by atoms with Gasteiger partial charge in [-0.3, -0.25) is 4.79 Å². The van der Waals surface area contributed by atoms with Gasteiger partial charge >= 0.3 is 5.97 Å². The summed E-state index contributed by atoms with van der Waals surface area (Å²) in [5.41, 5.74) is 0.0925. The molecule has 0 spiro atoms. The summed E-state index contributed by atoms with van der Waals surface area (Å²) >= 11 is 0. The summed E-state index contributed by atoms with van der Waals surface area (Å²) in [6.07, 6.45) is 1.71. The van der Waals surface area contributed by atoms with Gasteiger partial charge in [-0.15, -0.1) is 0 Å². The number of methoxy groups -OCH3 is 1. The number of rotatable bonds is 6. The number of piperidine rings is 1. The fourth-order valence-corrected chi connectivity index (χ4v) is 3.13. The number of carbonyl (C=O) groups excluding carboxylic acids is 1. The molecule has 118 valence electrons. The Labute approximate surface area is 122 Å². The summed E-state index contributed by atoms with van der Waals surface area (Å²) in [7, 11) is 1.59. The van der Waals surface area contributed by atoms with Crippen LogP contribution in [0, 0.1) is 0 Å². The van der Waals surface area contributed by atoms with Gasteiger partial charge in [0.25, 0.3) is 0 Å². The highest BCUT2D eigenvalue weighted by Crippen LogP contribution is 2.30. The molecule has 1 heterocycles. The van der Waals surface area contributed by atoms with Gasteiger partial charge in [0, 0.05) is 25.1 Å². The number of ether oxygens (including phenoxy) is 3. The van der Waals surface area contributed by atoms with Crippen molar-refractivity contribution in [1.82, 2.24) is 5.32 Å². The fraction of sp³-hybridized carbons (Fsp3) is 0.933. The largest absolute Gasteiger partial charge is 0.458 e. The van der Waals surface area contributed by atoms with Crippen LogP contribution in [0.15, 0.2) is 0 Å². The highest BCUT2D eigenvalue weighted by atomic mass is 16.6. The van der Waals surface area contributed by atoms with E-state index in [-0.39, 0.29) is 29.3 Å². The van der Waals surface area contributed by atoms with Crippen LogP contribution in [0.25, 0.3) is 0 Å². The molecule has 0 aromatic carbocycles. The van der Waals surface area contributed by atoms with Gasteiger partial charge in [-0.2, -0.15) is 0 Å². The van der Waals surface area contributed by atoms with Crippen LogP contribution in [0.5, 0.6) is 0 Å². The van der Waals surface area contributed by atoms with Crippen LogP contribution < -0.4 is 5.32 Å². The quantitative estimate of drug-likeness (QED) is 0.756. The van der Waals surface area contributed by atoms with E-state index >= 15 is 0 Å². The van der Waals surface area contributed by atoms with Crippen molar-refractivity contribution in [3.8, 4) is 0 Å². The first kappa shape index (κ1) is 17.4. The SMILES string of the molecule is COCC(COC1CC(C)(C)NC(C)(C)C1)OC(C)=O. The van der Waals surface area contributed by atoms with Crippen molar-refractivity contribution >= 4 is 5.97 Å². The molecule has 5 nitrogen and oxygen atoms in total. The van der Waals surface area contributed by atoms with Gasteiger partial charge in [0.1, 0.15) is 6.10 Å². The predicted octanol–water partition coefficient (Wildman–Crippen LogP) is 1.89. The van der Waals surface area contributed by atoms with Crippen LogP contribution in [0.3, 0.4) is 0 Å². The number of hydrogen-bond donors (Lipinski definition) is 1. The summed E-state index contributed by atoms with van der Waals surface area (Å²) in [6.45, 7) is 10.9. The highest BCUT2D eigenvalue weighted by Gasteiger charge is 2.38. The Balaban J connectivity index is 2.51. The summed E-state index contributed by atoms with van der Waals surface area (Å²) in [6, 6.07) is 0. The van der Waals surface area contributed by atoms with Crippen LogP contribution in [-0.2, 0) is 19.0 Å². The minimum Gasteiger partial charge on any atom is -0.458 e. The first-order valence-electron chi connectivity index (χ1n) is 7.21. The van der Waals surface area contributed by atoms with E-state index in [0.29, 0.717) is 13.2 Å². The van der Waals surface area contributed by atoms with Gasteiger partial charge in [-0.1, -0.05) is 0 Å². The van der Waals surface area contributed by atoms with Crippen LogP contribution in [0.2, 0.25) is 0 Å². The third-order valence-corrected chi connectivity index (χ3v) is 3.36. The van der Waals surface area contributed by atoms with Crippen molar-refractivity contribution in [2.24, 2.45) is 0 Å². The second-order valence-electron chi connectivity index (χ2n) is 6.94. The molecule has 0 radical (unpaired) electrons. The van der Waals surface area contributed by atoms with Gasteiger partial charge in [0.05, 0.1) is 19.3 Å². The number of carbonyl (C=O) groups is 1. The molecule has 0 aromatic heterocycles. The Kier molecular flexibility index (Phi) is 5.98. The molecule has 1 aliphatic rings. The molecule has 0 aliphatic carbocycles. The topological polar surface area (TPSA) is 56.8 Å².